The van der Waals surface area contributed by atoms with Crippen molar-refractivity contribution < 1.29 is 19.1 Å². The van der Waals surface area contributed by atoms with Gasteiger partial charge in [-0.2, -0.15) is 0 Å². The maximum Gasteiger partial charge on any atom is 0.254 e. The number of aromatic nitrogens is 1. The highest BCUT2D eigenvalue weighted by Gasteiger charge is 2.28. The third kappa shape index (κ3) is 8.28. The number of hydrogen-bond donors (Lipinski definition) is 2. The van der Waals surface area contributed by atoms with Crippen molar-refractivity contribution in [2.24, 2.45) is 5.92 Å². The van der Waals surface area contributed by atoms with Gasteiger partial charge < -0.3 is 24.8 Å². The van der Waals surface area contributed by atoms with Crippen LogP contribution in [-0.2, 0) is 11.3 Å². The fourth-order valence-electron chi connectivity index (χ4n) is 6.02. The molecule has 1 saturated heterocycles. The molecule has 2 fully saturated rings. The molecule has 2 aromatic rings. The van der Waals surface area contributed by atoms with Gasteiger partial charge in [0.2, 0.25) is 0 Å². The number of nitrogens with one attached hydrogen (secondary N) is 2. The lowest BCUT2D eigenvalue weighted by Crippen LogP contribution is -2.43. The molecule has 1 aromatic carbocycles. The van der Waals surface area contributed by atoms with Crippen molar-refractivity contribution >= 4 is 17.7 Å². The first-order valence-electron chi connectivity index (χ1n) is 16.0. The third-order valence-electron chi connectivity index (χ3n) is 8.87. The van der Waals surface area contributed by atoms with Crippen molar-refractivity contribution in [1.82, 2.24) is 20.1 Å². The van der Waals surface area contributed by atoms with Crippen molar-refractivity contribution in [3.63, 3.8) is 0 Å². The number of hydrogen-bond acceptors (Lipinski definition) is 4. The molecule has 4 rings (SSSR count). The van der Waals surface area contributed by atoms with E-state index in [0.717, 1.165) is 49.2 Å². The first kappa shape index (κ1) is 32.8. The average Bonchev–Trinajstić information content (AvgIpc) is 3.27. The Kier molecular flexibility index (Phi) is 10.1. The predicted octanol–water partition coefficient (Wildman–Crippen LogP) is 6.35. The van der Waals surface area contributed by atoms with E-state index < -0.39 is 11.1 Å². The zero-order chi connectivity index (χ0) is 31.5. The molecule has 1 aliphatic heterocycles. The summed E-state index contributed by atoms with van der Waals surface area (Å²) >= 11 is 0. The van der Waals surface area contributed by atoms with Crippen LogP contribution in [0.1, 0.15) is 123 Å². The van der Waals surface area contributed by atoms with E-state index >= 15 is 0 Å². The molecular formula is C35H52N4O4. The molecule has 1 aromatic heterocycles. The number of benzene rings is 1. The van der Waals surface area contributed by atoms with Gasteiger partial charge in [-0.05, 0) is 110 Å². The van der Waals surface area contributed by atoms with Gasteiger partial charge in [-0.15, -0.1) is 0 Å². The van der Waals surface area contributed by atoms with Gasteiger partial charge in [0.1, 0.15) is 0 Å². The summed E-state index contributed by atoms with van der Waals surface area (Å²) < 4.78 is 7.73. The third-order valence-corrected chi connectivity index (χ3v) is 8.87. The van der Waals surface area contributed by atoms with Gasteiger partial charge in [-0.1, -0.05) is 19.3 Å². The number of carbonyl (C=O) groups is 3. The highest BCUT2D eigenvalue weighted by Crippen LogP contribution is 2.33. The molecule has 2 heterocycles. The first-order chi connectivity index (χ1) is 20.1. The van der Waals surface area contributed by atoms with Gasteiger partial charge in [-0.25, -0.2) is 0 Å². The van der Waals surface area contributed by atoms with Gasteiger partial charge in [0.25, 0.3) is 17.7 Å². The number of ether oxygens (including phenoxy) is 1. The van der Waals surface area contributed by atoms with E-state index in [2.05, 4.69) is 15.2 Å². The Morgan fingerprint density at radius 2 is 1.51 bits per heavy atom. The number of rotatable bonds is 7. The monoisotopic (exact) mass is 592 g/mol. The summed E-state index contributed by atoms with van der Waals surface area (Å²) in [5.41, 5.74) is 3.21. The van der Waals surface area contributed by atoms with E-state index in [1.165, 1.54) is 19.3 Å². The van der Waals surface area contributed by atoms with Gasteiger partial charge in [0.15, 0.2) is 0 Å². The molecule has 0 radical (unpaired) electrons. The van der Waals surface area contributed by atoms with E-state index in [9.17, 15) is 14.4 Å². The summed E-state index contributed by atoms with van der Waals surface area (Å²) in [5.74, 6) is 0.0455. The highest BCUT2D eigenvalue weighted by molar-refractivity contribution is 6.02. The quantitative estimate of drug-likeness (QED) is 0.392. The summed E-state index contributed by atoms with van der Waals surface area (Å²) in [6.45, 7) is 15.9. The van der Waals surface area contributed by atoms with E-state index in [4.69, 9.17) is 4.74 Å². The smallest absolute Gasteiger partial charge is 0.254 e. The average molecular weight is 593 g/mol. The highest BCUT2D eigenvalue weighted by atomic mass is 16.5. The molecule has 2 N–H and O–H groups in total. The number of nitrogens with zero attached hydrogens (tertiary/aromatic N) is 2. The predicted molar refractivity (Wildman–Crippen MR) is 172 cm³/mol. The second kappa shape index (κ2) is 13.2. The molecule has 8 nitrogen and oxygen atoms in total. The molecule has 0 bridgehead atoms. The molecule has 2 aliphatic rings. The lowest BCUT2D eigenvalue weighted by atomic mass is 9.89. The first-order valence-corrected chi connectivity index (χ1v) is 16.0. The molecular weight excluding hydrogens is 540 g/mol. The largest absolute Gasteiger partial charge is 0.381 e. The topological polar surface area (TPSA) is 92.7 Å². The molecule has 0 atom stereocenters. The molecule has 1 aliphatic carbocycles. The standard InChI is InChI=1S/C35H52N4O4/c1-23-29(32(41)36-28-14-16-43-17-15-28)21-30(39(23)22-24-12-10-9-11-13-24)25-18-26(31(40)37-34(2,3)4)20-27(19-25)33(42)38(8)35(5,6)7/h18-21,24,28H,9-17,22H2,1-8H3,(H,36,41)(H,37,40). The van der Waals surface area contributed by atoms with E-state index in [1.807, 2.05) is 66.7 Å². The van der Waals surface area contributed by atoms with Crippen LogP contribution >= 0.6 is 0 Å². The van der Waals surface area contributed by atoms with Crippen LogP contribution in [0.5, 0.6) is 0 Å². The summed E-state index contributed by atoms with van der Waals surface area (Å²) in [7, 11) is 1.79. The Balaban J connectivity index is 1.82. The number of carbonyl (C=O) groups excluding carboxylic acids is 3. The summed E-state index contributed by atoms with van der Waals surface area (Å²) in [6, 6.07) is 7.48. The SMILES string of the molecule is Cc1c(C(=O)NC2CCOCC2)cc(-c2cc(C(=O)NC(C)(C)C)cc(C(=O)N(C)C(C)(C)C)c2)n1CC1CCCCC1. The molecule has 1 saturated carbocycles. The summed E-state index contributed by atoms with van der Waals surface area (Å²) in [6.07, 6.45) is 7.64. The zero-order valence-corrected chi connectivity index (χ0v) is 27.6. The normalized spacial score (nSPS) is 17.0. The molecule has 236 valence electrons. The zero-order valence-electron chi connectivity index (χ0n) is 27.6. The molecule has 0 spiro atoms. The molecule has 0 unspecified atom stereocenters. The van der Waals surface area contributed by atoms with Gasteiger partial charge in [-0.3, -0.25) is 14.4 Å². The van der Waals surface area contributed by atoms with Crippen molar-refractivity contribution in [3.05, 3.63) is 46.6 Å². The van der Waals surface area contributed by atoms with Crippen LogP contribution in [0, 0.1) is 12.8 Å². The lowest BCUT2D eigenvalue weighted by molar-refractivity contribution is 0.0654. The van der Waals surface area contributed by atoms with Crippen molar-refractivity contribution in [2.75, 3.05) is 20.3 Å². The maximum absolute atomic E-state index is 13.8. The van der Waals surface area contributed by atoms with Crippen LogP contribution in [0.3, 0.4) is 0 Å². The van der Waals surface area contributed by atoms with Crippen molar-refractivity contribution in [2.45, 2.75) is 117 Å². The molecule has 8 heteroatoms. The Labute approximate surface area is 257 Å². The minimum atomic E-state index is -0.438. The van der Waals surface area contributed by atoms with Crippen molar-refractivity contribution in [1.29, 1.82) is 0 Å². The van der Waals surface area contributed by atoms with E-state index in [1.54, 1.807) is 18.0 Å². The Morgan fingerprint density at radius 3 is 2.12 bits per heavy atom. The Bertz CT molecular complexity index is 1320. The van der Waals surface area contributed by atoms with E-state index in [0.29, 0.717) is 35.8 Å². The van der Waals surface area contributed by atoms with Crippen LogP contribution in [0.2, 0.25) is 0 Å². The Hall–Kier alpha value is -3.13. The van der Waals surface area contributed by atoms with Crippen LogP contribution < -0.4 is 10.6 Å². The van der Waals surface area contributed by atoms with Crippen molar-refractivity contribution in [3.8, 4) is 11.3 Å². The van der Waals surface area contributed by atoms with Gasteiger partial charge in [0.05, 0.1) is 5.56 Å². The number of amides is 3. The van der Waals surface area contributed by atoms with Crippen LogP contribution in [0.4, 0.5) is 0 Å². The summed E-state index contributed by atoms with van der Waals surface area (Å²) in [4.78, 5) is 42.6. The second-order valence-electron chi connectivity index (χ2n) is 14.5. The minimum Gasteiger partial charge on any atom is -0.381 e. The second-order valence-corrected chi connectivity index (χ2v) is 14.5. The molecule has 3 amide bonds. The van der Waals surface area contributed by atoms with Gasteiger partial charge >= 0.3 is 0 Å². The van der Waals surface area contributed by atoms with Crippen LogP contribution in [-0.4, -0.2) is 64.6 Å². The fourth-order valence-corrected chi connectivity index (χ4v) is 6.02. The van der Waals surface area contributed by atoms with E-state index in [-0.39, 0.29) is 23.8 Å². The maximum atomic E-state index is 13.8. The van der Waals surface area contributed by atoms with Crippen LogP contribution in [0.15, 0.2) is 24.3 Å². The lowest BCUT2D eigenvalue weighted by Gasteiger charge is -2.32. The minimum absolute atomic E-state index is 0.0848. The molecule has 43 heavy (non-hydrogen) atoms. The Morgan fingerprint density at radius 1 is 0.884 bits per heavy atom. The van der Waals surface area contributed by atoms with Crippen LogP contribution in [0.25, 0.3) is 11.3 Å². The fraction of sp³-hybridized carbons (Fsp3) is 0.629. The summed E-state index contributed by atoms with van der Waals surface area (Å²) in [5, 5.41) is 6.29. The van der Waals surface area contributed by atoms with Gasteiger partial charge in [0, 0.05) is 66.4 Å².